The van der Waals surface area contributed by atoms with Gasteiger partial charge in [0.1, 0.15) is 5.75 Å². The molecule has 0 amide bonds. The van der Waals surface area contributed by atoms with E-state index in [1.54, 1.807) is 0 Å². The first-order valence-electron chi connectivity index (χ1n) is 7.03. The molecule has 3 nitrogen and oxygen atoms in total. The third-order valence-corrected chi connectivity index (χ3v) is 3.10. The van der Waals surface area contributed by atoms with Crippen molar-refractivity contribution in [3.63, 3.8) is 0 Å². The zero-order valence-electron chi connectivity index (χ0n) is 12.3. The molecule has 0 aliphatic rings. The summed E-state index contributed by atoms with van der Waals surface area (Å²) in [7, 11) is 0. The first-order chi connectivity index (χ1) is 9.54. The molecule has 2 N–H and O–H groups in total. The zero-order valence-corrected chi connectivity index (χ0v) is 12.3. The molecule has 1 atom stereocenters. The quantitative estimate of drug-likeness (QED) is 0.896. The Morgan fingerprint density at radius 2 is 1.95 bits per heavy atom. The minimum absolute atomic E-state index is 0.145. The second kappa shape index (κ2) is 6.53. The largest absolute Gasteiger partial charge is 0.439 e. The van der Waals surface area contributed by atoms with Crippen LogP contribution in [-0.4, -0.2) is 11.0 Å². The molecule has 0 aliphatic carbocycles. The predicted octanol–water partition coefficient (Wildman–Crippen LogP) is 3.89. The Labute approximate surface area is 120 Å². The summed E-state index contributed by atoms with van der Waals surface area (Å²) in [4.78, 5) is 4.32. The molecule has 1 heterocycles. The number of hydrogen-bond acceptors (Lipinski definition) is 3. The van der Waals surface area contributed by atoms with Crippen molar-refractivity contribution in [2.24, 2.45) is 5.73 Å². The van der Waals surface area contributed by atoms with Crippen LogP contribution in [0.25, 0.3) is 0 Å². The Morgan fingerprint density at radius 3 is 2.55 bits per heavy atom. The number of benzene rings is 1. The number of pyridine rings is 1. The zero-order chi connectivity index (χ0) is 14.5. The van der Waals surface area contributed by atoms with Crippen molar-refractivity contribution in [1.82, 2.24) is 4.98 Å². The third-order valence-electron chi connectivity index (χ3n) is 3.10. The first-order valence-corrected chi connectivity index (χ1v) is 7.03. The molecule has 1 unspecified atom stereocenters. The molecule has 0 saturated heterocycles. The van der Waals surface area contributed by atoms with E-state index in [0.29, 0.717) is 11.8 Å². The molecular formula is C17H22N2O. The Morgan fingerprint density at radius 1 is 1.15 bits per heavy atom. The summed E-state index contributed by atoms with van der Waals surface area (Å²) in [6.45, 7) is 6.32. The predicted molar refractivity (Wildman–Crippen MR) is 82.2 cm³/mol. The molecule has 0 radical (unpaired) electrons. The van der Waals surface area contributed by atoms with Gasteiger partial charge in [-0.25, -0.2) is 4.98 Å². The number of rotatable bonds is 5. The van der Waals surface area contributed by atoms with Crippen molar-refractivity contribution < 1.29 is 4.74 Å². The molecule has 2 aromatic rings. The number of hydrogen-bond donors (Lipinski definition) is 1. The molecule has 0 aliphatic heterocycles. The maximum Gasteiger partial charge on any atom is 0.219 e. The van der Waals surface area contributed by atoms with Gasteiger partial charge in [-0.3, -0.25) is 0 Å². The van der Waals surface area contributed by atoms with Crippen LogP contribution in [-0.2, 0) is 6.42 Å². The molecule has 106 valence electrons. The van der Waals surface area contributed by atoms with Crippen molar-refractivity contribution >= 4 is 0 Å². The van der Waals surface area contributed by atoms with Crippen LogP contribution in [0.1, 0.15) is 37.8 Å². The minimum atomic E-state index is 0.145. The average molecular weight is 270 g/mol. The maximum atomic E-state index is 5.79. The maximum absolute atomic E-state index is 5.79. The van der Waals surface area contributed by atoms with Crippen molar-refractivity contribution in [3.8, 4) is 11.6 Å². The fourth-order valence-electron chi connectivity index (χ4n) is 2.02. The average Bonchev–Trinajstić information content (AvgIpc) is 2.41. The van der Waals surface area contributed by atoms with Gasteiger partial charge in [0.25, 0.3) is 0 Å². The minimum Gasteiger partial charge on any atom is -0.439 e. The molecule has 0 bridgehead atoms. The van der Waals surface area contributed by atoms with Gasteiger partial charge in [0, 0.05) is 18.3 Å². The molecule has 1 aromatic heterocycles. The van der Waals surface area contributed by atoms with Crippen molar-refractivity contribution in [3.05, 3.63) is 53.7 Å². The van der Waals surface area contributed by atoms with Gasteiger partial charge in [-0.15, -0.1) is 0 Å². The van der Waals surface area contributed by atoms with Gasteiger partial charge in [0.05, 0.1) is 0 Å². The Balaban J connectivity index is 2.08. The van der Waals surface area contributed by atoms with Gasteiger partial charge in [0.2, 0.25) is 5.88 Å². The van der Waals surface area contributed by atoms with Gasteiger partial charge >= 0.3 is 0 Å². The van der Waals surface area contributed by atoms with Crippen LogP contribution in [0, 0.1) is 0 Å². The highest BCUT2D eigenvalue weighted by Crippen LogP contribution is 2.24. The van der Waals surface area contributed by atoms with Crippen LogP contribution < -0.4 is 10.5 Å². The third kappa shape index (κ3) is 4.07. The van der Waals surface area contributed by atoms with Gasteiger partial charge in [-0.1, -0.05) is 32.0 Å². The summed E-state index contributed by atoms with van der Waals surface area (Å²) in [6.07, 6.45) is 2.65. The van der Waals surface area contributed by atoms with E-state index in [2.05, 4.69) is 31.0 Å². The van der Waals surface area contributed by atoms with E-state index in [-0.39, 0.29) is 6.04 Å². The molecule has 2 rings (SSSR count). The molecule has 0 fully saturated rings. The Kier molecular flexibility index (Phi) is 4.74. The van der Waals surface area contributed by atoms with E-state index in [1.165, 1.54) is 5.56 Å². The number of nitrogens with zero attached hydrogens (tertiary/aromatic N) is 1. The van der Waals surface area contributed by atoms with Crippen LogP contribution in [0.3, 0.4) is 0 Å². The van der Waals surface area contributed by atoms with Crippen LogP contribution in [0.4, 0.5) is 0 Å². The lowest BCUT2D eigenvalue weighted by Gasteiger charge is -2.10. The van der Waals surface area contributed by atoms with E-state index < -0.39 is 0 Å². The summed E-state index contributed by atoms with van der Waals surface area (Å²) in [6, 6.07) is 12.2. The normalized spacial score (nSPS) is 12.4. The van der Waals surface area contributed by atoms with Gasteiger partial charge in [0.15, 0.2) is 0 Å². The fourth-order valence-corrected chi connectivity index (χ4v) is 2.02. The number of nitrogens with two attached hydrogens (primary N) is 1. The lowest BCUT2D eigenvalue weighted by molar-refractivity contribution is 0.461. The van der Waals surface area contributed by atoms with Gasteiger partial charge < -0.3 is 10.5 Å². The lowest BCUT2D eigenvalue weighted by atomic mass is 10.0. The van der Waals surface area contributed by atoms with Crippen LogP contribution >= 0.6 is 0 Å². The summed E-state index contributed by atoms with van der Waals surface area (Å²) in [5.74, 6) is 1.92. The highest BCUT2D eigenvalue weighted by atomic mass is 16.5. The number of aromatic nitrogens is 1. The number of ether oxygens (including phenoxy) is 1. The van der Waals surface area contributed by atoms with Crippen LogP contribution in [0.15, 0.2) is 42.6 Å². The summed E-state index contributed by atoms with van der Waals surface area (Å²) >= 11 is 0. The Hall–Kier alpha value is -1.87. The summed E-state index contributed by atoms with van der Waals surface area (Å²) in [5, 5.41) is 0. The lowest BCUT2D eigenvalue weighted by Crippen LogP contribution is -2.17. The highest BCUT2D eigenvalue weighted by Gasteiger charge is 2.04. The van der Waals surface area contributed by atoms with Crippen LogP contribution in [0.5, 0.6) is 11.6 Å². The highest BCUT2D eigenvalue weighted by molar-refractivity contribution is 5.33. The summed E-state index contributed by atoms with van der Waals surface area (Å²) in [5.41, 5.74) is 8.16. The topological polar surface area (TPSA) is 48.1 Å². The summed E-state index contributed by atoms with van der Waals surface area (Å²) < 4.78 is 5.79. The Bertz CT molecular complexity index is 547. The second-order valence-electron chi connectivity index (χ2n) is 5.52. The van der Waals surface area contributed by atoms with Gasteiger partial charge in [-0.05, 0) is 42.5 Å². The molecule has 3 heteroatoms. The van der Waals surface area contributed by atoms with E-state index >= 15 is 0 Å². The fraction of sp³-hybridized carbons (Fsp3) is 0.353. The molecule has 20 heavy (non-hydrogen) atoms. The van der Waals surface area contributed by atoms with E-state index in [4.69, 9.17) is 10.5 Å². The van der Waals surface area contributed by atoms with Gasteiger partial charge in [-0.2, -0.15) is 0 Å². The van der Waals surface area contributed by atoms with E-state index in [1.807, 2.05) is 37.4 Å². The van der Waals surface area contributed by atoms with Crippen molar-refractivity contribution in [2.75, 3.05) is 0 Å². The van der Waals surface area contributed by atoms with Crippen LogP contribution in [0.2, 0.25) is 0 Å². The van der Waals surface area contributed by atoms with E-state index in [0.717, 1.165) is 17.7 Å². The second-order valence-corrected chi connectivity index (χ2v) is 5.52. The smallest absolute Gasteiger partial charge is 0.219 e. The van der Waals surface area contributed by atoms with E-state index in [9.17, 15) is 0 Å². The monoisotopic (exact) mass is 270 g/mol. The van der Waals surface area contributed by atoms with Crippen molar-refractivity contribution in [1.29, 1.82) is 0 Å². The molecule has 0 saturated carbocycles. The first kappa shape index (κ1) is 14.5. The molecule has 1 aromatic carbocycles. The SMILES string of the molecule is CC(N)Cc1ccc(Oc2cccc(C(C)C)c2)nc1. The molecular weight excluding hydrogens is 248 g/mol. The van der Waals surface area contributed by atoms with Crippen molar-refractivity contribution in [2.45, 2.75) is 39.2 Å². The standard InChI is InChI=1S/C17H22N2O/c1-12(2)15-5-4-6-16(10-15)20-17-8-7-14(11-19-17)9-13(3)18/h4-8,10-13H,9,18H2,1-3H3. The molecule has 0 spiro atoms.